The molecule has 1 saturated carbocycles. The molecule has 1 aromatic carbocycles. The molecule has 2 aromatic heterocycles. The molecule has 2 aliphatic rings. The van der Waals surface area contributed by atoms with Crippen molar-refractivity contribution in [2.24, 2.45) is 11.8 Å². The third-order valence-electron chi connectivity index (χ3n) is 7.90. The van der Waals surface area contributed by atoms with Gasteiger partial charge in [-0.15, -0.1) is 0 Å². The van der Waals surface area contributed by atoms with Crippen LogP contribution < -0.4 is 15.8 Å². The van der Waals surface area contributed by atoms with Crippen LogP contribution in [0.2, 0.25) is 0 Å². The fraction of sp³-hybridized carbons (Fsp3) is 0.414. The fourth-order valence-electron chi connectivity index (χ4n) is 5.32. The van der Waals surface area contributed by atoms with E-state index >= 15 is 0 Å². The van der Waals surface area contributed by atoms with E-state index in [9.17, 15) is 9.59 Å². The van der Waals surface area contributed by atoms with Crippen molar-refractivity contribution in [3.63, 3.8) is 0 Å². The predicted molar refractivity (Wildman–Crippen MR) is 146 cm³/mol. The number of allylic oxidation sites excluding steroid dienone is 1. The minimum Gasteiger partial charge on any atom is -0.369 e. The lowest BCUT2D eigenvalue weighted by molar-refractivity contribution is -0.122. The standard InChI is InChI=1S/C29H35N5O2/c1-4-26(35)23-17-21(18-23)13-14-34-28(36)12-6-22-5-11-27(31-29(22)34)30-24-7-9-25(10-8-24)33-16-15-32(3)20(2)19-33/h4-12,20-21,23H,1,13-19H2,2-3H3,(H,30,31)/t20-,21?,23?/m1/s1. The molecule has 0 unspecified atom stereocenters. The van der Waals surface area contributed by atoms with Gasteiger partial charge in [0.15, 0.2) is 5.78 Å². The van der Waals surface area contributed by atoms with E-state index in [1.807, 2.05) is 18.2 Å². The quantitative estimate of drug-likeness (QED) is 0.476. The summed E-state index contributed by atoms with van der Waals surface area (Å²) in [4.78, 5) is 34.1. The maximum atomic E-state index is 12.7. The van der Waals surface area contributed by atoms with Crippen LogP contribution in [0.15, 0.2) is 66.0 Å². The first-order chi connectivity index (χ1) is 17.4. The van der Waals surface area contributed by atoms with Gasteiger partial charge in [0, 0.05) is 61.0 Å². The van der Waals surface area contributed by atoms with Gasteiger partial charge < -0.3 is 15.1 Å². The van der Waals surface area contributed by atoms with Crippen LogP contribution in [-0.2, 0) is 11.3 Å². The Morgan fingerprint density at radius 1 is 1.11 bits per heavy atom. The van der Waals surface area contributed by atoms with Gasteiger partial charge in [0.25, 0.3) is 5.56 Å². The molecule has 0 bridgehead atoms. The fourth-order valence-corrected chi connectivity index (χ4v) is 5.32. The number of likely N-dealkylation sites (N-methyl/N-ethyl adjacent to an activating group) is 1. The zero-order valence-electron chi connectivity index (χ0n) is 21.2. The monoisotopic (exact) mass is 485 g/mol. The third-order valence-corrected chi connectivity index (χ3v) is 7.90. The summed E-state index contributed by atoms with van der Waals surface area (Å²) < 4.78 is 1.76. The number of aromatic nitrogens is 2. The summed E-state index contributed by atoms with van der Waals surface area (Å²) >= 11 is 0. The number of ketones is 1. The van der Waals surface area contributed by atoms with Gasteiger partial charge in [-0.25, -0.2) is 4.98 Å². The van der Waals surface area contributed by atoms with Crippen molar-refractivity contribution in [3.05, 3.63) is 71.5 Å². The highest BCUT2D eigenvalue weighted by atomic mass is 16.1. The molecule has 5 rings (SSSR count). The number of benzene rings is 1. The van der Waals surface area contributed by atoms with Crippen LogP contribution in [0, 0.1) is 11.8 Å². The molecule has 1 N–H and O–H groups in total. The van der Waals surface area contributed by atoms with Gasteiger partial charge in [-0.1, -0.05) is 6.58 Å². The molecule has 1 aliphatic heterocycles. The summed E-state index contributed by atoms with van der Waals surface area (Å²) in [6, 6.07) is 16.4. The van der Waals surface area contributed by atoms with E-state index in [4.69, 9.17) is 4.98 Å². The van der Waals surface area contributed by atoms with Crippen molar-refractivity contribution in [1.29, 1.82) is 0 Å². The highest BCUT2D eigenvalue weighted by Gasteiger charge is 2.32. The molecule has 3 aromatic rings. The zero-order valence-corrected chi connectivity index (χ0v) is 21.2. The minimum atomic E-state index is -0.0454. The summed E-state index contributed by atoms with van der Waals surface area (Å²) in [5, 5.41) is 4.34. The number of fused-ring (bicyclic) bond motifs is 1. The molecule has 1 aliphatic carbocycles. The lowest BCUT2D eigenvalue weighted by Crippen LogP contribution is -2.50. The van der Waals surface area contributed by atoms with Gasteiger partial charge in [-0.2, -0.15) is 0 Å². The Labute approximate surface area is 212 Å². The maximum absolute atomic E-state index is 12.7. The van der Waals surface area contributed by atoms with Gasteiger partial charge in [-0.05, 0) is 87.7 Å². The van der Waals surface area contributed by atoms with E-state index in [1.165, 1.54) is 11.8 Å². The molecule has 0 radical (unpaired) electrons. The summed E-state index contributed by atoms with van der Waals surface area (Å²) in [7, 11) is 2.18. The zero-order chi connectivity index (χ0) is 25.2. The largest absolute Gasteiger partial charge is 0.369 e. The molecule has 0 spiro atoms. The average Bonchev–Trinajstić information content (AvgIpc) is 2.86. The molecular formula is C29H35N5O2. The smallest absolute Gasteiger partial charge is 0.252 e. The lowest BCUT2D eigenvalue weighted by atomic mass is 9.71. The van der Waals surface area contributed by atoms with Crippen molar-refractivity contribution in [3.8, 4) is 0 Å². The van der Waals surface area contributed by atoms with Crippen molar-refractivity contribution in [2.45, 2.75) is 38.8 Å². The molecule has 1 atom stereocenters. The number of hydrogen-bond acceptors (Lipinski definition) is 6. The van der Waals surface area contributed by atoms with Gasteiger partial charge in [0.05, 0.1) is 0 Å². The molecule has 7 heteroatoms. The first-order valence-electron chi connectivity index (χ1n) is 12.9. The molecule has 0 amide bonds. The highest BCUT2D eigenvalue weighted by Crippen LogP contribution is 2.37. The van der Waals surface area contributed by atoms with Crippen LogP contribution in [0.3, 0.4) is 0 Å². The summed E-state index contributed by atoms with van der Waals surface area (Å²) in [6.45, 7) is 9.58. The Bertz CT molecular complexity index is 1310. The van der Waals surface area contributed by atoms with Gasteiger partial charge in [0.1, 0.15) is 11.5 Å². The van der Waals surface area contributed by atoms with Crippen molar-refractivity contribution < 1.29 is 4.79 Å². The molecule has 188 valence electrons. The number of piperazine rings is 1. The number of hydrogen-bond donors (Lipinski definition) is 1. The lowest BCUT2D eigenvalue weighted by Gasteiger charge is -2.39. The number of aryl methyl sites for hydroxylation is 1. The van der Waals surface area contributed by atoms with Crippen LogP contribution in [-0.4, -0.2) is 53.0 Å². The second-order valence-electron chi connectivity index (χ2n) is 10.3. The van der Waals surface area contributed by atoms with E-state index in [2.05, 4.69) is 59.9 Å². The Hall–Kier alpha value is -3.45. The van der Waals surface area contributed by atoms with E-state index in [-0.39, 0.29) is 17.3 Å². The minimum absolute atomic E-state index is 0.0454. The number of carbonyl (C=O) groups is 1. The molecule has 3 heterocycles. The van der Waals surface area contributed by atoms with Crippen molar-refractivity contribution in [1.82, 2.24) is 14.5 Å². The number of pyridine rings is 2. The van der Waals surface area contributed by atoms with Crippen molar-refractivity contribution >= 4 is 34.0 Å². The van der Waals surface area contributed by atoms with Crippen LogP contribution in [0.5, 0.6) is 0 Å². The third kappa shape index (κ3) is 5.07. The van der Waals surface area contributed by atoms with E-state index in [0.29, 0.717) is 30.0 Å². The van der Waals surface area contributed by atoms with Crippen LogP contribution in [0.25, 0.3) is 11.0 Å². The second kappa shape index (κ2) is 10.3. The van der Waals surface area contributed by atoms with Gasteiger partial charge in [-0.3, -0.25) is 14.2 Å². The molecule has 7 nitrogen and oxygen atoms in total. The van der Waals surface area contributed by atoms with Crippen LogP contribution in [0.1, 0.15) is 26.2 Å². The molecular weight excluding hydrogens is 450 g/mol. The number of anilines is 3. The number of carbonyl (C=O) groups excluding carboxylic acids is 1. The normalized spacial score (nSPS) is 22.3. The Morgan fingerprint density at radius 3 is 2.58 bits per heavy atom. The van der Waals surface area contributed by atoms with E-state index < -0.39 is 0 Å². The average molecular weight is 486 g/mol. The topological polar surface area (TPSA) is 70.5 Å². The van der Waals surface area contributed by atoms with Crippen LogP contribution >= 0.6 is 0 Å². The number of nitrogens with zero attached hydrogens (tertiary/aromatic N) is 4. The highest BCUT2D eigenvalue weighted by molar-refractivity contribution is 5.91. The molecule has 1 saturated heterocycles. The Balaban J connectivity index is 1.28. The first kappa shape index (κ1) is 24.3. The van der Waals surface area contributed by atoms with E-state index in [1.54, 1.807) is 10.6 Å². The second-order valence-corrected chi connectivity index (χ2v) is 10.3. The van der Waals surface area contributed by atoms with E-state index in [0.717, 1.165) is 50.0 Å². The predicted octanol–water partition coefficient (Wildman–Crippen LogP) is 4.45. The summed E-state index contributed by atoms with van der Waals surface area (Å²) in [5.41, 5.74) is 2.84. The molecule has 36 heavy (non-hydrogen) atoms. The van der Waals surface area contributed by atoms with Crippen molar-refractivity contribution in [2.75, 3.05) is 36.9 Å². The molecule has 2 fully saturated rings. The number of nitrogens with one attached hydrogen (secondary N) is 1. The maximum Gasteiger partial charge on any atom is 0.252 e. The Morgan fingerprint density at radius 2 is 1.86 bits per heavy atom. The Kier molecular flexibility index (Phi) is 6.92. The van der Waals surface area contributed by atoms with Gasteiger partial charge >= 0.3 is 0 Å². The van der Waals surface area contributed by atoms with Gasteiger partial charge in [0.2, 0.25) is 0 Å². The summed E-state index contributed by atoms with van der Waals surface area (Å²) in [5.74, 6) is 1.42. The van der Waals surface area contributed by atoms with Crippen LogP contribution in [0.4, 0.5) is 17.2 Å². The first-order valence-corrected chi connectivity index (χ1v) is 12.9. The number of rotatable bonds is 8. The SMILES string of the molecule is C=CC(=O)C1CC(CCn2c(=O)ccc3ccc(Nc4ccc(N5CCN(C)[C@H](C)C5)cc4)nc32)C1. The summed E-state index contributed by atoms with van der Waals surface area (Å²) in [6.07, 6.45) is 4.06.